The van der Waals surface area contributed by atoms with Crippen LogP contribution in [0.3, 0.4) is 0 Å². The molecule has 1 fully saturated rings. The van der Waals surface area contributed by atoms with Crippen molar-refractivity contribution in [3.63, 3.8) is 0 Å². The number of ether oxygens (including phenoxy) is 3. The van der Waals surface area contributed by atoms with Gasteiger partial charge in [0.15, 0.2) is 5.82 Å². The molecule has 1 saturated heterocycles. The maximum absolute atomic E-state index is 6.58. The second kappa shape index (κ2) is 9.39. The molecule has 0 spiro atoms. The van der Waals surface area contributed by atoms with E-state index < -0.39 is 0 Å². The highest BCUT2D eigenvalue weighted by atomic mass is 35.5. The van der Waals surface area contributed by atoms with E-state index in [-0.39, 0.29) is 6.10 Å². The molecule has 0 aliphatic carbocycles. The van der Waals surface area contributed by atoms with Crippen LogP contribution in [0.5, 0.6) is 11.5 Å². The normalized spacial score (nSPS) is 15.6. The van der Waals surface area contributed by atoms with Gasteiger partial charge in [0.05, 0.1) is 41.3 Å². The molecular formula is C20H22Cl3N3O3. The molecule has 0 bridgehead atoms. The highest BCUT2D eigenvalue weighted by Crippen LogP contribution is 2.44. The number of anilines is 1. The lowest BCUT2D eigenvalue weighted by molar-refractivity contribution is 0.0782. The number of methoxy groups -OCH3 is 3. The molecule has 1 aliphatic heterocycles. The van der Waals surface area contributed by atoms with E-state index in [1.54, 1.807) is 13.2 Å². The number of rotatable bonds is 6. The molecule has 156 valence electrons. The fraction of sp³-hybridized carbons (Fsp3) is 0.400. The summed E-state index contributed by atoms with van der Waals surface area (Å²) in [5, 5.41) is 2.24. The summed E-state index contributed by atoms with van der Waals surface area (Å²) in [5.74, 6) is 2.33. The van der Waals surface area contributed by atoms with Crippen molar-refractivity contribution in [2.24, 2.45) is 0 Å². The maximum atomic E-state index is 6.58. The Bertz CT molecular complexity index is 996. The molecule has 1 aliphatic rings. The summed E-state index contributed by atoms with van der Waals surface area (Å²) in [4.78, 5) is 11.6. The van der Waals surface area contributed by atoms with Crippen molar-refractivity contribution in [2.75, 3.05) is 45.2 Å². The minimum atomic E-state index is 0.162. The molecule has 1 aromatic carbocycles. The molecule has 2 aromatic rings. The third-order valence-electron chi connectivity index (χ3n) is 4.79. The van der Waals surface area contributed by atoms with E-state index in [1.165, 1.54) is 14.2 Å². The highest BCUT2D eigenvalue weighted by Gasteiger charge is 2.30. The van der Waals surface area contributed by atoms with Crippen LogP contribution in [0.4, 0.5) is 5.82 Å². The molecule has 0 radical (unpaired) electrons. The fourth-order valence-corrected chi connectivity index (χ4v) is 3.99. The van der Waals surface area contributed by atoms with Crippen LogP contribution < -0.4 is 24.9 Å². The SMILES string of the molecule is C/C=c1/nc(-c2c(Cl)c(OC)cc(OC)c2Cl)nc(N2CC(OC)C2)/c1=C/CCl. The molecule has 29 heavy (non-hydrogen) atoms. The number of aromatic nitrogens is 2. The molecule has 1 aromatic heterocycles. The van der Waals surface area contributed by atoms with Gasteiger partial charge >= 0.3 is 0 Å². The Balaban J connectivity index is 2.29. The number of hydrogen-bond donors (Lipinski definition) is 0. The Kier molecular flexibility index (Phi) is 7.11. The lowest BCUT2D eigenvalue weighted by atomic mass is 10.1. The second-order valence-electron chi connectivity index (χ2n) is 6.36. The van der Waals surface area contributed by atoms with Gasteiger partial charge in [-0.15, -0.1) is 11.6 Å². The van der Waals surface area contributed by atoms with Gasteiger partial charge in [-0.1, -0.05) is 35.4 Å². The molecule has 9 heteroatoms. The van der Waals surface area contributed by atoms with Crippen LogP contribution in [0, 0.1) is 0 Å². The van der Waals surface area contributed by atoms with Crippen LogP contribution in [0.1, 0.15) is 6.92 Å². The van der Waals surface area contributed by atoms with Gasteiger partial charge in [-0.3, -0.25) is 0 Å². The van der Waals surface area contributed by atoms with Crippen LogP contribution in [0.25, 0.3) is 23.5 Å². The summed E-state index contributed by atoms with van der Waals surface area (Å²) < 4.78 is 16.2. The first kappa shape index (κ1) is 22.0. The summed E-state index contributed by atoms with van der Waals surface area (Å²) in [6.45, 7) is 3.36. The molecular weight excluding hydrogens is 437 g/mol. The number of benzene rings is 1. The second-order valence-corrected chi connectivity index (χ2v) is 7.43. The monoisotopic (exact) mass is 457 g/mol. The molecule has 0 saturated carbocycles. The quantitative estimate of drug-likeness (QED) is 0.620. The van der Waals surface area contributed by atoms with E-state index in [4.69, 9.17) is 59.0 Å². The average Bonchev–Trinajstić information content (AvgIpc) is 2.69. The molecule has 3 rings (SSSR count). The fourth-order valence-electron chi connectivity index (χ4n) is 3.16. The van der Waals surface area contributed by atoms with Gasteiger partial charge < -0.3 is 19.1 Å². The van der Waals surface area contributed by atoms with E-state index in [0.29, 0.717) is 38.8 Å². The van der Waals surface area contributed by atoms with Crippen LogP contribution in [-0.4, -0.2) is 56.4 Å². The first-order valence-electron chi connectivity index (χ1n) is 8.97. The van der Waals surface area contributed by atoms with Crippen molar-refractivity contribution in [1.82, 2.24) is 9.97 Å². The largest absolute Gasteiger partial charge is 0.495 e. The van der Waals surface area contributed by atoms with E-state index in [9.17, 15) is 0 Å². The van der Waals surface area contributed by atoms with Crippen molar-refractivity contribution in [1.29, 1.82) is 0 Å². The van der Waals surface area contributed by atoms with E-state index in [2.05, 4.69) is 4.90 Å². The van der Waals surface area contributed by atoms with Gasteiger partial charge in [-0.25, -0.2) is 9.97 Å². The molecule has 0 amide bonds. The number of hydrogen-bond acceptors (Lipinski definition) is 6. The summed E-state index contributed by atoms with van der Waals surface area (Å²) in [6, 6.07) is 1.64. The minimum Gasteiger partial charge on any atom is -0.495 e. The van der Waals surface area contributed by atoms with Gasteiger partial charge in [-0.2, -0.15) is 0 Å². The lowest BCUT2D eigenvalue weighted by Gasteiger charge is -2.39. The Hall–Kier alpha value is -1.73. The zero-order valence-electron chi connectivity index (χ0n) is 16.6. The van der Waals surface area contributed by atoms with Gasteiger partial charge in [-0.05, 0) is 6.92 Å². The first-order valence-corrected chi connectivity index (χ1v) is 10.3. The number of nitrogens with zero attached hydrogens (tertiary/aromatic N) is 3. The molecule has 0 unspecified atom stereocenters. The van der Waals surface area contributed by atoms with Crippen LogP contribution in [0.15, 0.2) is 6.07 Å². The van der Waals surface area contributed by atoms with Crippen LogP contribution in [-0.2, 0) is 4.74 Å². The summed E-state index contributed by atoms with van der Waals surface area (Å²) in [7, 11) is 4.76. The highest BCUT2D eigenvalue weighted by molar-refractivity contribution is 6.40. The van der Waals surface area contributed by atoms with Crippen molar-refractivity contribution in [3.8, 4) is 22.9 Å². The molecule has 2 heterocycles. The lowest BCUT2D eigenvalue weighted by Crippen LogP contribution is -2.55. The van der Waals surface area contributed by atoms with Gasteiger partial charge in [0, 0.05) is 37.4 Å². The van der Waals surface area contributed by atoms with Crippen molar-refractivity contribution >= 4 is 52.8 Å². The van der Waals surface area contributed by atoms with E-state index in [0.717, 1.165) is 29.5 Å². The molecule has 6 nitrogen and oxygen atoms in total. The van der Waals surface area contributed by atoms with E-state index >= 15 is 0 Å². The first-order chi connectivity index (χ1) is 14.0. The predicted octanol–water partition coefficient (Wildman–Crippen LogP) is 3.12. The van der Waals surface area contributed by atoms with Gasteiger partial charge in [0.2, 0.25) is 0 Å². The summed E-state index contributed by atoms with van der Waals surface area (Å²) in [6.07, 6.45) is 3.96. The summed E-state index contributed by atoms with van der Waals surface area (Å²) in [5.41, 5.74) is 0.454. The van der Waals surface area contributed by atoms with Crippen molar-refractivity contribution in [2.45, 2.75) is 13.0 Å². The zero-order chi connectivity index (χ0) is 21.1. The van der Waals surface area contributed by atoms with Gasteiger partial charge in [0.1, 0.15) is 17.3 Å². The van der Waals surface area contributed by atoms with Crippen LogP contribution in [0.2, 0.25) is 10.0 Å². The maximum Gasteiger partial charge on any atom is 0.165 e. The Morgan fingerprint density at radius 1 is 1.10 bits per heavy atom. The Morgan fingerprint density at radius 2 is 1.72 bits per heavy atom. The number of halogens is 3. The third kappa shape index (κ3) is 4.12. The topological polar surface area (TPSA) is 56.7 Å². The van der Waals surface area contributed by atoms with Gasteiger partial charge in [0.25, 0.3) is 0 Å². The average molecular weight is 459 g/mol. The van der Waals surface area contributed by atoms with Crippen LogP contribution >= 0.6 is 34.8 Å². The minimum absolute atomic E-state index is 0.162. The third-order valence-corrected chi connectivity index (χ3v) is 5.69. The Labute approximate surface area is 184 Å². The predicted molar refractivity (Wildman–Crippen MR) is 118 cm³/mol. The zero-order valence-corrected chi connectivity index (χ0v) is 18.9. The summed E-state index contributed by atoms with van der Waals surface area (Å²) >= 11 is 19.2. The number of alkyl halides is 1. The van der Waals surface area contributed by atoms with E-state index in [1.807, 2.05) is 19.1 Å². The Morgan fingerprint density at radius 3 is 2.21 bits per heavy atom. The standard InChI is InChI=1S/C20H22Cl3N3O3/c1-5-13-12(6-7-21)20(26-9-11(10-26)27-2)25-19(24-13)16-17(22)14(28-3)8-15(29-4)18(16)23/h5-6,8,11H,7,9-10H2,1-4H3/b12-6+,13-5+. The molecule has 0 N–H and O–H groups in total. The van der Waals surface area contributed by atoms with Crippen molar-refractivity contribution < 1.29 is 14.2 Å². The van der Waals surface area contributed by atoms with Crippen molar-refractivity contribution in [3.05, 3.63) is 26.7 Å². The molecule has 0 atom stereocenters. The smallest absolute Gasteiger partial charge is 0.165 e.